The van der Waals surface area contributed by atoms with Gasteiger partial charge >= 0.3 is 6.09 Å². The summed E-state index contributed by atoms with van der Waals surface area (Å²) in [4.78, 5) is 12.4. The number of ether oxygens (including phenoxy) is 2. The van der Waals surface area contributed by atoms with E-state index in [0.717, 1.165) is 22.6 Å². The lowest BCUT2D eigenvalue weighted by Gasteiger charge is -2.12. The van der Waals surface area contributed by atoms with Crippen LogP contribution < -0.4 is 15.4 Å². The average Bonchev–Trinajstić information content (AvgIpc) is 3.25. The second-order valence-electron chi connectivity index (χ2n) is 8.26. The van der Waals surface area contributed by atoms with Crippen LogP contribution in [0.25, 0.3) is 5.52 Å². The number of anilines is 3. The van der Waals surface area contributed by atoms with Gasteiger partial charge in [0.15, 0.2) is 0 Å². The molecular formula is C29H23N5O3. The third kappa shape index (κ3) is 5.36. The van der Waals surface area contributed by atoms with Gasteiger partial charge < -0.3 is 14.8 Å². The lowest BCUT2D eigenvalue weighted by molar-refractivity contribution is 0.155. The van der Waals surface area contributed by atoms with Crippen molar-refractivity contribution in [3.63, 3.8) is 0 Å². The highest BCUT2D eigenvalue weighted by Crippen LogP contribution is 2.33. The maximum atomic E-state index is 12.4. The molecule has 0 fully saturated rings. The molecule has 0 atom stereocenters. The summed E-state index contributed by atoms with van der Waals surface area (Å²) in [6.07, 6.45) is 2.60. The van der Waals surface area contributed by atoms with Crippen molar-refractivity contribution in [2.24, 2.45) is 0 Å². The van der Waals surface area contributed by atoms with E-state index in [1.807, 2.05) is 91.9 Å². The zero-order chi connectivity index (χ0) is 25.6. The third-order valence-corrected chi connectivity index (χ3v) is 5.73. The van der Waals surface area contributed by atoms with Crippen molar-refractivity contribution in [3.8, 4) is 17.6 Å². The second-order valence-corrected chi connectivity index (χ2v) is 8.26. The van der Waals surface area contributed by atoms with Gasteiger partial charge in [0.1, 0.15) is 24.2 Å². The van der Waals surface area contributed by atoms with E-state index in [1.54, 1.807) is 10.7 Å². The Hall–Kier alpha value is -5.29. The number of benzene rings is 3. The second kappa shape index (κ2) is 10.5. The fourth-order valence-electron chi connectivity index (χ4n) is 3.87. The van der Waals surface area contributed by atoms with E-state index in [-0.39, 0.29) is 6.61 Å². The number of nitrogens with zero attached hydrogens (tertiary/aromatic N) is 3. The van der Waals surface area contributed by atoms with Crippen LogP contribution in [0.4, 0.5) is 21.9 Å². The molecule has 0 unspecified atom stereocenters. The van der Waals surface area contributed by atoms with E-state index in [1.165, 1.54) is 6.20 Å². The summed E-state index contributed by atoms with van der Waals surface area (Å²) >= 11 is 0. The standard InChI is InChI=1S/C29H23N5O3/c1-20-26(33-29(35)36-19-21-8-4-2-5-9-21)18-34-28(20)27(22(16-30)17-31-34)32-23-12-14-25(15-13-23)37-24-10-6-3-7-11-24/h2-15,17-18,32H,19H2,1H3,(H,33,35). The van der Waals surface area contributed by atoms with Gasteiger partial charge in [-0.3, -0.25) is 5.32 Å². The predicted octanol–water partition coefficient (Wildman–Crippen LogP) is 6.80. The summed E-state index contributed by atoms with van der Waals surface area (Å²) in [5.41, 5.74) is 4.56. The van der Waals surface area contributed by atoms with E-state index >= 15 is 0 Å². The molecule has 0 aliphatic rings. The Balaban J connectivity index is 1.36. The molecule has 0 bridgehead atoms. The molecule has 0 spiro atoms. The summed E-state index contributed by atoms with van der Waals surface area (Å²) in [5.74, 6) is 1.44. The Labute approximate surface area is 213 Å². The lowest BCUT2D eigenvalue weighted by Crippen LogP contribution is -2.13. The number of hydrogen-bond acceptors (Lipinski definition) is 6. The number of rotatable bonds is 7. The Bertz CT molecular complexity index is 1570. The third-order valence-electron chi connectivity index (χ3n) is 5.73. The molecule has 0 aliphatic carbocycles. The molecule has 182 valence electrons. The van der Waals surface area contributed by atoms with Crippen molar-refractivity contribution in [1.29, 1.82) is 5.26 Å². The van der Waals surface area contributed by atoms with Gasteiger partial charge in [0.2, 0.25) is 0 Å². The first-order valence-corrected chi connectivity index (χ1v) is 11.6. The minimum Gasteiger partial charge on any atom is -0.457 e. The van der Waals surface area contributed by atoms with E-state index in [9.17, 15) is 10.1 Å². The molecule has 2 aromatic heterocycles. The van der Waals surface area contributed by atoms with E-state index < -0.39 is 6.09 Å². The molecule has 0 saturated carbocycles. The molecule has 3 aromatic carbocycles. The summed E-state index contributed by atoms with van der Waals surface area (Å²) < 4.78 is 12.8. The van der Waals surface area contributed by atoms with Crippen LogP contribution in [0, 0.1) is 18.3 Å². The van der Waals surface area contributed by atoms with Crippen molar-refractivity contribution >= 4 is 28.7 Å². The average molecular weight is 490 g/mol. The molecule has 8 heteroatoms. The van der Waals surface area contributed by atoms with Crippen molar-refractivity contribution in [2.75, 3.05) is 10.6 Å². The first kappa shape index (κ1) is 23.5. The summed E-state index contributed by atoms with van der Waals surface area (Å²) in [5, 5.41) is 20.2. The van der Waals surface area contributed by atoms with Gasteiger partial charge in [-0.05, 0) is 48.9 Å². The van der Waals surface area contributed by atoms with Crippen LogP contribution >= 0.6 is 0 Å². The number of amides is 1. The molecule has 1 amide bonds. The van der Waals surface area contributed by atoms with Crippen molar-refractivity contribution < 1.29 is 14.3 Å². The van der Waals surface area contributed by atoms with Crippen LogP contribution in [0.15, 0.2) is 97.3 Å². The Morgan fingerprint density at radius 1 is 0.973 bits per heavy atom. The van der Waals surface area contributed by atoms with Gasteiger partial charge in [-0.15, -0.1) is 0 Å². The van der Waals surface area contributed by atoms with Crippen molar-refractivity contribution in [2.45, 2.75) is 13.5 Å². The normalized spacial score (nSPS) is 10.5. The van der Waals surface area contributed by atoms with E-state index in [0.29, 0.717) is 28.2 Å². The maximum Gasteiger partial charge on any atom is 0.412 e. The zero-order valence-corrected chi connectivity index (χ0v) is 20.0. The van der Waals surface area contributed by atoms with Crippen LogP contribution in [-0.2, 0) is 11.3 Å². The van der Waals surface area contributed by atoms with Crippen LogP contribution in [0.2, 0.25) is 0 Å². The van der Waals surface area contributed by atoms with Gasteiger partial charge in [-0.2, -0.15) is 10.4 Å². The van der Waals surface area contributed by atoms with Crippen LogP contribution in [-0.4, -0.2) is 15.7 Å². The molecule has 2 N–H and O–H groups in total. The monoisotopic (exact) mass is 489 g/mol. The highest BCUT2D eigenvalue weighted by atomic mass is 16.5. The number of fused-ring (bicyclic) bond motifs is 1. The van der Waals surface area contributed by atoms with Gasteiger partial charge in [-0.1, -0.05) is 48.5 Å². The maximum absolute atomic E-state index is 12.4. The molecule has 2 heterocycles. The smallest absolute Gasteiger partial charge is 0.412 e. The lowest BCUT2D eigenvalue weighted by atomic mass is 10.1. The minimum absolute atomic E-state index is 0.159. The molecule has 0 radical (unpaired) electrons. The minimum atomic E-state index is -0.577. The molecule has 5 rings (SSSR count). The van der Waals surface area contributed by atoms with Gasteiger partial charge in [0.25, 0.3) is 0 Å². The molecule has 37 heavy (non-hydrogen) atoms. The van der Waals surface area contributed by atoms with Gasteiger partial charge in [-0.25, -0.2) is 9.31 Å². The predicted molar refractivity (Wildman–Crippen MR) is 141 cm³/mol. The fourth-order valence-corrected chi connectivity index (χ4v) is 3.87. The molecule has 0 saturated heterocycles. The fraction of sp³-hybridized carbons (Fsp3) is 0.0690. The van der Waals surface area contributed by atoms with Gasteiger partial charge in [0.05, 0.1) is 34.8 Å². The number of para-hydroxylation sites is 1. The summed E-state index contributed by atoms with van der Waals surface area (Å²) in [6, 6.07) is 28.6. The first-order valence-electron chi connectivity index (χ1n) is 11.6. The number of carbonyl (C=O) groups excluding carboxylic acids is 1. The highest BCUT2D eigenvalue weighted by molar-refractivity contribution is 5.92. The SMILES string of the molecule is Cc1c(NC(=O)OCc2ccccc2)cn2ncc(C#N)c(Nc3ccc(Oc4ccccc4)cc3)c12. The number of nitrogens with one attached hydrogen (secondary N) is 2. The number of aryl methyl sites for hydroxylation is 1. The first-order chi connectivity index (χ1) is 18.1. The Morgan fingerprint density at radius 2 is 1.65 bits per heavy atom. The number of carbonyl (C=O) groups is 1. The largest absolute Gasteiger partial charge is 0.457 e. The van der Waals surface area contributed by atoms with E-state index in [4.69, 9.17) is 9.47 Å². The zero-order valence-electron chi connectivity index (χ0n) is 20.0. The molecular weight excluding hydrogens is 466 g/mol. The summed E-state index contributed by atoms with van der Waals surface area (Å²) in [7, 11) is 0. The topological polar surface area (TPSA) is 101 Å². The Kier molecular flexibility index (Phi) is 6.68. The van der Waals surface area contributed by atoms with Crippen molar-refractivity contribution in [1.82, 2.24) is 9.61 Å². The Morgan fingerprint density at radius 3 is 2.35 bits per heavy atom. The summed E-state index contributed by atoms with van der Waals surface area (Å²) in [6.45, 7) is 2.01. The van der Waals surface area contributed by atoms with Crippen molar-refractivity contribution in [3.05, 3.63) is 114 Å². The van der Waals surface area contributed by atoms with Crippen LogP contribution in [0.1, 0.15) is 16.7 Å². The number of hydrogen-bond donors (Lipinski definition) is 2. The van der Waals surface area contributed by atoms with Crippen LogP contribution in [0.3, 0.4) is 0 Å². The molecule has 5 aromatic rings. The molecule has 0 aliphatic heterocycles. The molecule has 8 nitrogen and oxygen atoms in total. The van der Waals surface area contributed by atoms with Crippen LogP contribution in [0.5, 0.6) is 11.5 Å². The number of aromatic nitrogens is 2. The number of nitriles is 1. The van der Waals surface area contributed by atoms with E-state index in [2.05, 4.69) is 21.8 Å². The van der Waals surface area contributed by atoms with Gasteiger partial charge in [0, 0.05) is 11.3 Å². The highest BCUT2D eigenvalue weighted by Gasteiger charge is 2.18. The quantitative estimate of drug-likeness (QED) is 0.261.